The van der Waals surface area contributed by atoms with E-state index in [1.165, 1.54) is 37.1 Å². The predicted molar refractivity (Wildman–Crippen MR) is 103 cm³/mol. The number of benzene rings is 1. The van der Waals surface area contributed by atoms with Gasteiger partial charge in [0.2, 0.25) is 11.8 Å². The summed E-state index contributed by atoms with van der Waals surface area (Å²) in [4.78, 5) is 42.7. The Kier molecular flexibility index (Phi) is 7.14. The Morgan fingerprint density at radius 3 is 1.86 bits per heavy atom. The second kappa shape index (κ2) is 9.78. The van der Waals surface area contributed by atoms with Crippen LogP contribution < -0.4 is 0 Å². The minimum atomic E-state index is -0.388. The van der Waals surface area contributed by atoms with Crippen molar-refractivity contribution in [3.8, 4) is 0 Å². The summed E-state index contributed by atoms with van der Waals surface area (Å²) in [7, 11) is 0. The molecule has 0 bridgehead atoms. The molecule has 152 valence electrons. The maximum atomic E-state index is 12.9. The lowest BCUT2D eigenvalue weighted by Gasteiger charge is -2.35. The van der Waals surface area contributed by atoms with Gasteiger partial charge in [0.1, 0.15) is 5.82 Å². The van der Waals surface area contributed by atoms with Crippen LogP contribution in [-0.4, -0.2) is 78.1 Å². The van der Waals surface area contributed by atoms with Gasteiger partial charge in [0, 0.05) is 57.5 Å². The number of hydrogen-bond donors (Lipinski definition) is 0. The van der Waals surface area contributed by atoms with Gasteiger partial charge in [-0.05, 0) is 50.2 Å². The average Bonchev–Trinajstić information content (AvgIpc) is 3.24. The average molecular weight is 389 g/mol. The number of halogens is 1. The van der Waals surface area contributed by atoms with Crippen molar-refractivity contribution in [3.05, 3.63) is 35.6 Å². The number of carbonyl (C=O) groups excluding carboxylic acids is 3. The minimum absolute atomic E-state index is 0.0698. The molecule has 0 unspecified atom stereocenters. The molecule has 2 fully saturated rings. The fraction of sp³-hybridized carbons (Fsp3) is 0.571. The van der Waals surface area contributed by atoms with E-state index >= 15 is 0 Å². The van der Waals surface area contributed by atoms with Crippen molar-refractivity contribution in [3.63, 3.8) is 0 Å². The van der Waals surface area contributed by atoms with Gasteiger partial charge in [-0.1, -0.05) is 0 Å². The van der Waals surface area contributed by atoms with Crippen LogP contribution in [0.5, 0.6) is 0 Å². The van der Waals surface area contributed by atoms with Crippen LogP contribution in [-0.2, 0) is 9.59 Å². The van der Waals surface area contributed by atoms with Crippen LogP contribution in [0.25, 0.3) is 0 Å². The molecule has 1 aromatic rings. The van der Waals surface area contributed by atoms with Gasteiger partial charge in [0.05, 0.1) is 0 Å². The Balaban J connectivity index is 1.36. The summed E-state index contributed by atoms with van der Waals surface area (Å²) in [5, 5.41) is 0. The zero-order valence-corrected chi connectivity index (χ0v) is 16.2. The summed E-state index contributed by atoms with van der Waals surface area (Å²) in [5.41, 5.74) is 0.419. The van der Waals surface area contributed by atoms with Gasteiger partial charge < -0.3 is 14.7 Å². The number of amides is 2. The summed E-state index contributed by atoms with van der Waals surface area (Å²) in [6.07, 6.45) is 3.23. The molecule has 3 rings (SSSR count). The van der Waals surface area contributed by atoms with Crippen LogP contribution >= 0.6 is 0 Å². The Morgan fingerprint density at radius 2 is 1.29 bits per heavy atom. The Morgan fingerprint density at radius 1 is 0.750 bits per heavy atom. The maximum absolute atomic E-state index is 12.9. The highest BCUT2D eigenvalue weighted by Crippen LogP contribution is 2.12. The zero-order chi connectivity index (χ0) is 19.9. The van der Waals surface area contributed by atoms with Gasteiger partial charge in [-0.2, -0.15) is 0 Å². The summed E-state index contributed by atoms with van der Waals surface area (Å²) < 4.78 is 12.9. The molecule has 1 aromatic carbocycles. The first-order valence-corrected chi connectivity index (χ1v) is 10.1. The van der Waals surface area contributed by atoms with E-state index in [0.29, 0.717) is 38.2 Å². The van der Waals surface area contributed by atoms with Crippen LogP contribution in [0.2, 0.25) is 0 Å². The monoisotopic (exact) mass is 389 g/mol. The summed E-state index contributed by atoms with van der Waals surface area (Å²) in [6.45, 7) is 5.13. The predicted octanol–water partition coefficient (Wildman–Crippen LogP) is 1.95. The SMILES string of the molecule is O=C(CCC(=O)N1CCN(C(=O)CCN2CCCC2)CC1)c1ccc(F)cc1. The maximum Gasteiger partial charge on any atom is 0.223 e. The van der Waals surface area contributed by atoms with E-state index in [4.69, 9.17) is 0 Å². The second-order valence-corrected chi connectivity index (χ2v) is 7.49. The molecular weight excluding hydrogens is 361 g/mol. The normalized spacial score (nSPS) is 17.8. The molecule has 28 heavy (non-hydrogen) atoms. The lowest BCUT2D eigenvalue weighted by Crippen LogP contribution is -2.51. The molecule has 7 heteroatoms. The topological polar surface area (TPSA) is 60.9 Å². The zero-order valence-electron chi connectivity index (χ0n) is 16.2. The van der Waals surface area contributed by atoms with Crippen molar-refractivity contribution < 1.29 is 18.8 Å². The fourth-order valence-corrected chi connectivity index (χ4v) is 3.78. The third kappa shape index (κ3) is 5.61. The number of likely N-dealkylation sites (tertiary alicyclic amines) is 1. The van der Waals surface area contributed by atoms with Crippen molar-refractivity contribution in [2.75, 3.05) is 45.8 Å². The van der Waals surface area contributed by atoms with E-state index in [1.807, 2.05) is 4.90 Å². The molecule has 0 atom stereocenters. The lowest BCUT2D eigenvalue weighted by atomic mass is 10.1. The molecule has 2 saturated heterocycles. The van der Waals surface area contributed by atoms with E-state index in [1.54, 1.807) is 4.90 Å². The van der Waals surface area contributed by atoms with E-state index in [0.717, 1.165) is 19.6 Å². The first kappa shape index (κ1) is 20.5. The summed E-state index contributed by atoms with van der Waals surface area (Å²) in [5.74, 6) is -0.463. The molecule has 0 aliphatic carbocycles. The highest BCUT2D eigenvalue weighted by atomic mass is 19.1. The second-order valence-electron chi connectivity index (χ2n) is 7.49. The molecule has 0 N–H and O–H groups in total. The number of hydrogen-bond acceptors (Lipinski definition) is 4. The number of piperazine rings is 1. The molecule has 2 heterocycles. The highest BCUT2D eigenvalue weighted by Gasteiger charge is 2.25. The third-order valence-corrected chi connectivity index (χ3v) is 5.56. The smallest absolute Gasteiger partial charge is 0.223 e. The molecule has 0 aromatic heterocycles. The number of nitrogens with zero attached hydrogens (tertiary/aromatic N) is 3. The van der Waals surface area contributed by atoms with Gasteiger partial charge >= 0.3 is 0 Å². The summed E-state index contributed by atoms with van der Waals surface area (Å²) >= 11 is 0. The Hall–Kier alpha value is -2.28. The van der Waals surface area contributed by atoms with Crippen molar-refractivity contribution in [2.45, 2.75) is 32.1 Å². The molecule has 0 saturated carbocycles. The van der Waals surface area contributed by atoms with Crippen LogP contribution in [0.15, 0.2) is 24.3 Å². The van der Waals surface area contributed by atoms with Crippen LogP contribution in [0.4, 0.5) is 4.39 Å². The quantitative estimate of drug-likeness (QED) is 0.669. The number of carbonyl (C=O) groups is 3. The minimum Gasteiger partial charge on any atom is -0.339 e. The van der Waals surface area contributed by atoms with Crippen LogP contribution in [0.3, 0.4) is 0 Å². The van der Waals surface area contributed by atoms with Crippen LogP contribution in [0, 0.1) is 5.82 Å². The van der Waals surface area contributed by atoms with Gasteiger partial charge in [-0.15, -0.1) is 0 Å². The molecule has 2 aliphatic rings. The van der Waals surface area contributed by atoms with Crippen molar-refractivity contribution in [1.29, 1.82) is 0 Å². The first-order valence-electron chi connectivity index (χ1n) is 10.1. The standard InChI is InChI=1S/C21H28FN3O3/c22-18-5-3-17(4-6-18)19(26)7-8-20(27)24-13-15-25(16-14-24)21(28)9-12-23-10-1-2-11-23/h3-6H,1-2,7-16H2. The third-order valence-electron chi connectivity index (χ3n) is 5.56. The van der Waals surface area contributed by atoms with Crippen molar-refractivity contribution in [1.82, 2.24) is 14.7 Å². The molecular formula is C21H28FN3O3. The molecule has 0 spiro atoms. The van der Waals surface area contributed by atoms with Gasteiger partial charge in [0.25, 0.3) is 0 Å². The number of rotatable bonds is 7. The number of ketones is 1. The molecule has 2 aliphatic heterocycles. The molecule has 2 amide bonds. The fourth-order valence-electron chi connectivity index (χ4n) is 3.78. The van der Waals surface area contributed by atoms with Gasteiger partial charge in [-0.3, -0.25) is 14.4 Å². The first-order chi connectivity index (χ1) is 13.5. The van der Waals surface area contributed by atoms with Gasteiger partial charge in [-0.25, -0.2) is 4.39 Å². The Labute approximate surface area is 165 Å². The van der Waals surface area contributed by atoms with E-state index in [-0.39, 0.29) is 36.3 Å². The largest absolute Gasteiger partial charge is 0.339 e. The van der Waals surface area contributed by atoms with Crippen LogP contribution in [0.1, 0.15) is 42.5 Å². The van der Waals surface area contributed by atoms with Crippen molar-refractivity contribution >= 4 is 17.6 Å². The number of Topliss-reactive ketones (excluding diaryl/α,β-unsaturated/α-hetero) is 1. The van der Waals surface area contributed by atoms with Crippen molar-refractivity contribution in [2.24, 2.45) is 0 Å². The molecule has 0 radical (unpaired) electrons. The lowest BCUT2D eigenvalue weighted by molar-refractivity contribution is -0.139. The van der Waals surface area contributed by atoms with Gasteiger partial charge in [0.15, 0.2) is 5.78 Å². The molecule has 6 nitrogen and oxygen atoms in total. The van der Waals surface area contributed by atoms with E-state index < -0.39 is 0 Å². The van der Waals surface area contributed by atoms with E-state index in [2.05, 4.69) is 4.90 Å². The Bertz CT molecular complexity index is 693. The van der Waals surface area contributed by atoms with E-state index in [9.17, 15) is 18.8 Å². The highest BCUT2D eigenvalue weighted by molar-refractivity contribution is 5.97. The summed E-state index contributed by atoms with van der Waals surface area (Å²) in [6, 6.07) is 5.37.